The van der Waals surface area contributed by atoms with Crippen LogP contribution in [0.25, 0.3) is 0 Å². The smallest absolute Gasteiger partial charge is 0.306 e. The molecule has 3 N–H and O–H groups in total. The lowest BCUT2D eigenvalue weighted by Crippen LogP contribution is -2.46. The number of rotatable bonds is 42. The van der Waals surface area contributed by atoms with Gasteiger partial charge in [-0.25, -0.2) is 0 Å². The molecule has 0 aliphatic carbocycles. The maximum absolute atomic E-state index is 13.1. The molecule has 0 fully saturated rings. The molecule has 0 aromatic carbocycles. The first-order valence-electron chi connectivity index (χ1n) is 24.1. The molecule has 0 heterocycles. The van der Waals surface area contributed by atoms with Crippen molar-refractivity contribution in [1.29, 1.82) is 0 Å². The maximum Gasteiger partial charge on any atom is 0.306 e. The second kappa shape index (κ2) is 44.7. The molecule has 330 valence electrons. The van der Waals surface area contributed by atoms with Crippen molar-refractivity contribution in [2.24, 2.45) is 0 Å². The van der Waals surface area contributed by atoms with E-state index in [1.807, 2.05) is 48.6 Å². The van der Waals surface area contributed by atoms with E-state index in [0.29, 0.717) is 19.3 Å². The number of esters is 1. The van der Waals surface area contributed by atoms with E-state index < -0.39 is 18.2 Å². The molecule has 0 aliphatic rings. The fourth-order valence-corrected chi connectivity index (χ4v) is 7.10. The van der Waals surface area contributed by atoms with Crippen molar-refractivity contribution in [3.8, 4) is 0 Å². The summed E-state index contributed by atoms with van der Waals surface area (Å²) in [5, 5.41) is 23.7. The molecule has 0 radical (unpaired) electrons. The Kier molecular flexibility index (Phi) is 42.7. The Balaban J connectivity index is 4.69. The third-order valence-corrected chi connectivity index (χ3v) is 10.7. The molecule has 0 spiro atoms. The molecule has 57 heavy (non-hydrogen) atoms. The number of allylic oxidation sites excluding steroid dienone is 10. The van der Waals surface area contributed by atoms with Gasteiger partial charge in [0.15, 0.2) is 0 Å². The zero-order valence-electron chi connectivity index (χ0n) is 37.5. The van der Waals surface area contributed by atoms with E-state index in [-0.39, 0.29) is 24.9 Å². The summed E-state index contributed by atoms with van der Waals surface area (Å²) in [6.07, 6.45) is 54.2. The van der Waals surface area contributed by atoms with E-state index in [1.165, 1.54) is 122 Å². The van der Waals surface area contributed by atoms with Gasteiger partial charge in [0, 0.05) is 6.42 Å². The van der Waals surface area contributed by atoms with Crippen LogP contribution in [0.2, 0.25) is 0 Å². The molecule has 3 atom stereocenters. The van der Waals surface area contributed by atoms with Crippen LogP contribution in [0.1, 0.15) is 226 Å². The molecule has 0 aromatic heterocycles. The second-order valence-corrected chi connectivity index (χ2v) is 16.3. The van der Waals surface area contributed by atoms with Gasteiger partial charge in [-0.1, -0.05) is 236 Å². The number of nitrogens with one attached hydrogen (secondary N) is 1. The Morgan fingerprint density at radius 3 is 1.40 bits per heavy atom. The van der Waals surface area contributed by atoms with Gasteiger partial charge in [0.25, 0.3) is 0 Å². The molecule has 3 unspecified atom stereocenters. The van der Waals surface area contributed by atoms with Gasteiger partial charge in [-0.15, -0.1) is 0 Å². The van der Waals surface area contributed by atoms with Crippen molar-refractivity contribution in [2.45, 2.75) is 244 Å². The number of hydrogen-bond donors (Lipinski definition) is 3. The summed E-state index contributed by atoms with van der Waals surface area (Å²) >= 11 is 0. The Labute approximate surface area is 352 Å². The number of unbranched alkanes of at least 4 members (excludes halogenated alkanes) is 24. The molecule has 0 saturated carbocycles. The van der Waals surface area contributed by atoms with Crippen LogP contribution in [0.5, 0.6) is 0 Å². The zero-order valence-corrected chi connectivity index (χ0v) is 37.5. The highest BCUT2D eigenvalue weighted by atomic mass is 16.5. The van der Waals surface area contributed by atoms with Crippen LogP contribution >= 0.6 is 0 Å². The van der Waals surface area contributed by atoms with Crippen LogP contribution in [-0.4, -0.2) is 46.9 Å². The highest BCUT2D eigenvalue weighted by molar-refractivity contribution is 5.77. The summed E-state index contributed by atoms with van der Waals surface area (Å²) in [4.78, 5) is 26.0. The average molecular weight is 798 g/mol. The van der Waals surface area contributed by atoms with E-state index >= 15 is 0 Å². The highest BCUT2D eigenvalue weighted by Crippen LogP contribution is 2.17. The predicted molar refractivity (Wildman–Crippen MR) is 245 cm³/mol. The third-order valence-electron chi connectivity index (χ3n) is 10.7. The number of hydrogen-bond acceptors (Lipinski definition) is 5. The van der Waals surface area contributed by atoms with Gasteiger partial charge >= 0.3 is 5.97 Å². The van der Waals surface area contributed by atoms with Crippen molar-refractivity contribution in [3.63, 3.8) is 0 Å². The van der Waals surface area contributed by atoms with Crippen LogP contribution in [0, 0.1) is 0 Å². The van der Waals surface area contributed by atoms with Crippen LogP contribution in [-0.2, 0) is 14.3 Å². The number of aliphatic hydroxyl groups is 2. The average Bonchev–Trinajstić information content (AvgIpc) is 3.20. The van der Waals surface area contributed by atoms with Crippen molar-refractivity contribution >= 4 is 11.9 Å². The van der Waals surface area contributed by atoms with E-state index in [9.17, 15) is 19.8 Å². The van der Waals surface area contributed by atoms with Gasteiger partial charge in [-0.05, 0) is 38.5 Å². The van der Waals surface area contributed by atoms with E-state index in [1.54, 1.807) is 0 Å². The maximum atomic E-state index is 13.1. The van der Waals surface area contributed by atoms with Crippen molar-refractivity contribution < 1.29 is 24.5 Å². The fourth-order valence-electron chi connectivity index (χ4n) is 7.10. The molecule has 0 aliphatic heterocycles. The van der Waals surface area contributed by atoms with Crippen LogP contribution in [0.3, 0.4) is 0 Å². The van der Waals surface area contributed by atoms with Crippen LogP contribution in [0.4, 0.5) is 0 Å². The molecule has 6 nitrogen and oxygen atoms in total. The Hall–Kier alpha value is -2.44. The minimum atomic E-state index is -0.805. The summed E-state index contributed by atoms with van der Waals surface area (Å²) in [5.74, 6) is -0.545. The predicted octanol–water partition coefficient (Wildman–Crippen LogP) is 14.1. The Morgan fingerprint density at radius 1 is 0.526 bits per heavy atom. The first-order valence-corrected chi connectivity index (χ1v) is 24.1. The summed E-state index contributed by atoms with van der Waals surface area (Å²) in [6, 6.07) is -0.723. The number of carbonyl (C=O) groups is 2. The molecular formula is C51H91NO5. The van der Waals surface area contributed by atoms with Gasteiger partial charge in [0.1, 0.15) is 6.10 Å². The zero-order chi connectivity index (χ0) is 41.7. The van der Waals surface area contributed by atoms with Gasteiger partial charge < -0.3 is 20.3 Å². The topological polar surface area (TPSA) is 95.9 Å². The third kappa shape index (κ3) is 40.1. The lowest BCUT2D eigenvalue weighted by molar-refractivity contribution is -0.151. The molecule has 0 rings (SSSR count). The van der Waals surface area contributed by atoms with Crippen molar-refractivity contribution in [3.05, 3.63) is 60.8 Å². The highest BCUT2D eigenvalue weighted by Gasteiger charge is 2.24. The molecule has 1 amide bonds. The van der Waals surface area contributed by atoms with Gasteiger partial charge in [0.2, 0.25) is 5.91 Å². The van der Waals surface area contributed by atoms with Gasteiger partial charge in [-0.3, -0.25) is 9.59 Å². The monoisotopic (exact) mass is 798 g/mol. The molecule has 6 heteroatoms. The van der Waals surface area contributed by atoms with Gasteiger partial charge in [-0.2, -0.15) is 0 Å². The summed E-state index contributed by atoms with van der Waals surface area (Å²) < 4.78 is 5.87. The Bertz CT molecular complexity index is 1030. The minimum Gasteiger partial charge on any atom is -0.462 e. The van der Waals surface area contributed by atoms with Crippen molar-refractivity contribution in [1.82, 2.24) is 5.32 Å². The lowest BCUT2D eigenvalue weighted by Gasteiger charge is -2.24. The lowest BCUT2D eigenvalue weighted by atomic mass is 10.0. The summed E-state index contributed by atoms with van der Waals surface area (Å²) in [6.45, 7) is 6.31. The molecule has 0 aromatic rings. The standard InChI is InChI=1S/C51H91NO5/c1-4-7-10-13-16-19-22-25-27-30-33-36-39-42-47(57-51(56)44-41-38-35-32-29-24-21-18-15-12-9-6-3)45-50(55)52-48(46-53)49(54)43-40-37-34-31-28-26-23-20-17-14-11-8-5-2/h7,10,13,16,19,22,25,27,30,33,47-49,53-54H,4-6,8-9,11-12,14-15,17-18,20-21,23-24,26,28-29,31-32,34-46H2,1-3H3,(H,52,55)/b10-7+,16-13+,22-19-,27-25-,33-30+. The molecular weight excluding hydrogens is 707 g/mol. The number of amides is 1. The second-order valence-electron chi connectivity index (χ2n) is 16.3. The van der Waals surface area contributed by atoms with E-state index in [4.69, 9.17) is 4.74 Å². The normalized spacial score (nSPS) is 13.8. The number of aliphatic hydroxyl groups excluding tert-OH is 2. The summed E-state index contributed by atoms with van der Waals surface area (Å²) in [5.41, 5.74) is 0. The molecule has 0 saturated heterocycles. The Morgan fingerprint density at radius 2 is 0.947 bits per heavy atom. The first-order chi connectivity index (χ1) is 28.0. The first kappa shape index (κ1) is 54.6. The molecule has 0 bridgehead atoms. The summed E-state index contributed by atoms with van der Waals surface area (Å²) in [7, 11) is 0. The fraction of sp³-hybridized carbons (Fsp3) is 0.765. The quantitative estimate of drug-likeness (QED) is 0.0325. The van der Waals surface area contributed by atoms with E-state index in [2.05, 4.69) is 38.2 Å². The van der Waals surface area contributed by atoms with Crippen LogP contribution < -0.4 is 5.32 Å². The minimum absolute atomic E-state index is 0.0293. The van der Waals surface area contributed by atoms with Gasteiger partial charge in [0.05, 0.1) is 25.2 Å². The van der Waals surface area contributed by atoms with E-state index in [0.717, 1.165) is 57.8 Å². The SMILES string of the molecule is CC/C=C/C=C/C=C\C=C/C=C/CCCC(CC(=O)NC(CO)C(O)CCCCCCCCCCCCCCC)OC(=O)CCCCCCCCCCCCCC. The number of ether oxygens (including phenoxy) is 1. The number of carbonyl (C=O) groups excluding carboxylic acids is 2. The largest absolute Gasteiger partial charge is 0.462 e. The van der Waals surface area contributed by atoms with Crippen molar-refractivity contribution in [2.75, 3.05) is 6.61 Å². The van der Waals surface area contributed by atoms with Crippen LogP contribution in [0.15, 0.2) is 60.8 Å².